The van der Waals surface area contributed by atoms with Crippen molar-refractivity contribution >= 4 is 82.3 Å². The van der Waals surface area contributed by atoms with Crippen LogP contribution in [0.3, 0.4) is 0 Å². The van der Waals surface area contributed by atoms with Gasteiger partial charge in [-0.1, -0.05) is 0 Å². The summed E-state index contributed by atoms with van der Waals surface area (Å²) >= 11 is 0. The van der Waals surface area contributed by atoms with Gasteiger partial charge < -0.3 is 8.83 Å². The fraction of sp³-hybridized carbons (Fsp3) is 0. The predicted molar refractivity (Wildman–Crippen MR) is 108 cm³/mol. The lowest BCUT2D eigenvalue weighted by Gasteiger charge is -2.04. The molecule has 6 N–H and O–H groups in total. The van der Waals surface area contributed by atoms with Gasteiger partial charge in [0, 0.05) is 0 Å². The lowest BCUT2D eigenvalue weighted by atomic mass is 10.6. The van der Waals surface area contributed by atoms with Crippen LogP contribution in [0, 0.1) is 0 Å². The molecule has 2 aromatic heterocycles. The lowest BCUT2D eigenvalue weighted by Crippen LogP contribution is -2.07. The van der Waals surface area contributed by atoms with E-state index in [2.05, 4.69) is 8.83 Å². The summed E-state index contributed by atoms with van der Waals surface area (Å²) in [5, 5.41) is -8.53. The maximum atomic E-state index is 11.7. The SMILES string of the molecule is O=S(=O)(O)c1oc(S(=O)(=O)O)c(S(=O)(=O)O)c1SSc1c(S(=O)(=O)O)oc(S(=O)(=O)O)c1S(=O)(=O)O. The molecule has 0 bridgehead atoms. The second kappa shape index (κ2) is 9.18. The van der Waals surface area contributed by atoms with Crippen LogP contribution in [0.15, 0.2) is 48.8 Å². The highest BCUT2D eigenvalue weighted by atomic mass is 33.1. The van der Waals surface area contributed by atoms with Crippen LogP contribution in [0.5, 0.6) is 0 Å². The molecule has 36 heavy (non-hydrogen) atoms. The molecule has 206 valence electrons. The molecule has 0 aromatic carbocycles. The summed E-state index contributed by atoms with van der Waals surface area (Å²) in [4.78, 5) is -7.60. The zero-order valence-corrected chi connectivity index (χ0v) is 22.2. The lowest BCUT2D eigenvalue weighted by molar-refractivity contribution is 0.325. The quantitative estimate of drug-likeness (QED) is 0.139. The maximum Gasteiger partial charge on any atom is 0.329 e. The van der Waals surface area contributed by atoms with Gasteiger partial charge in [-0.05, 0) is 21.6 Å². The Bertz CT molecular complexity index is 1750. The van der Waals surface area contributed by atoms with Crippen LogP contribution in [0.2, 0.25) is 0 Å². The van der Waals surface area contributed by atoms with Crippen molar-refractivity contribution in [2.75, 3.05) is 0 Å². The molecular formula is C8H6O20S8. The van der Waals surface area contributed by atoms with E-state index in [0.29, 0.717) is 0 Å². The van der Waals surface area contributed by atoms with Crippen LogP contribution in [-0.2, 0) is 60.7 Å². The van der Waals surface area contributed by atoms with Crippen molar-refractivity contribution in [2.24, 2.45) is 0 Å². The first-order valence-corrected chi connectivity index (χ1v) is 18.0. The zero-order valence-electron chi connectivity index (χ0n) is 15.7. The van der Waals surface area contributed by atoms with Crippen molar-refractivity contribution < 1.29 is 86.7 Å². The van der Waals surface area contributed by atoms with Crippen molar-refractivity contribution in [1.82, 2.24) is 0 Å². The van der Waals surface area contributed by atoms with Crippen LogP contribution < -0.4 is 0 Å². The molecular weight excluding hydrogens is 673 g/mol. The Morgan fingerprint density at radius 1 is 0.389 bits per heavy atom. The van der Waals surface area contributed by atoms with E-state index in [1.54, 1.807) is 0 Å². The van der Waals surface area contributed by atoms with Gasteiger partial charge in [-0.25, -0.2) is 0 Å². The van der Waals surface area contributed by atoms with E-state index < -0.39 is 122 Å². The highest BCUT2D eigenvalue weighted by molar-refractivity contribution is 8.76. The molecule has 0 aliphatic carbocycles. The minimum atomic E-state index is -5.92. The summed E-state index contributed by atoms with van der Waals surface area (Å²) in [6, 6.07) is 0. The molecule has 0 amide bonds. The third-order valence-corrected chi connectivity index (χ3v) is 11.2. The van der Waals surface area contributed by atoms with E-state index in [9.17, 15) is 68.7 Å². The summed E-state index contributed by atoms with van der Waals surface area (Å²) in [7, 11) is -36.4. The van der Waals surface area contributed by atoms with Gasteiger partial charge in [-0.15, -0.1) is 0 Å². The van der Waals surface area contributed by atoms with Crippen molar-refractivity contribution in [3.63, 3.8) is 0 Å². The fourth-order valence-corrected chi connectivity index (χ4v) is 11.5. The first kappa shape index (κ1) is 30.9. The van der Waals surface area contributed by atoms with Gasteiger partial charge in [-0.2, -0.15) is 50.5 Å². The second-order valence-electron chi connectivity index (χ2n) is 5.69. The van der Waals surface area contributed by atoms with Crippen LogP contribution in [0.25, 0.3) is 0 Å². The molecule has 0 saturated heterocycles. The Balaban J connectivity index is 3.03. The molecule has 28 heteroatoms. The highest BCUT2D eigenvalue weighted by Gasteiger charge is 2.43. The highest BCUT2D eigenvalue weighted by Crippen LogP contribution is 2.51. The van der Waals surface area contributed by atoms with E-state index in [-0.39, 0.29) is 0 Å². The first-order valence-electron chi connectivity index (χ1n) is 7.21. The van der Waals surface area contributed by atoms with E-state index in [1.165, 1.54) is 0 Å². The molecule has 20 nitrogen and oxygen atoms in total. The van der Waals surface area contributed by atoms with Gasteiger partial charge in [0.15, 0.2) is 9.79 Å². The molecule has 2 aromatic rings. The first-order chi connectivity index (χ1) is 15.7. The van der Waals surface area contributed by atoms with E-state index in [0.717, 1.165) is 0 Å². The van der Waals surface area contributed by atoms with Gasteiger partial charge in [0.05, 0.1) is 0 Å². The normalized spacial score (nSPS) is 14.3. The topological polar surface area (TPSA) is 352 Å². The molecule has 0 atom stereocenters. The van der Waals surface area contributed by atoms with Crippen LogP contribution in [-0.4, -0.2) is 77.8 Å². The third-order valence-electron chi connectivity index (χ3n) is 3.19. The van der Waals surface area contributed by atoms with E-state index >= 15 is 0 Å². The Morgan fingerprint density at radius 2 is 0.611 bits per heavy atom. The van der Waals surface area contributed by atoms with Crippen LogP contribution in [0.4, 0.5) is 0 Å². The second-order valence-corrected chi connectivity index (χ2v) is 15.8. The van der Waals surface area contributed by atoms with E-state index in [4.69, 9.17) is 9.11 Å². The smallest absolute Gasteiger partial charge is 0.329 e. The fourth-order valence-electron chi connectivity index (χ4n) is 2.08. The Kier molecular flexibility index (Phi) is 7.89. The van der Waals surface area contributed by atoms with Gasteiger partial charge in [-0.3, -0.25) is 27.3 Å². The largest absolute Gasteiger partial charge is 0.426 e. The van der Waals surface area contributed by atoms with Crippen molar-refractivity contribution in [3.8, 4) is 0 Å². The molecule has 0 saturated carbocycles. The molecule has 0 spiro atoms. The van der Waals surface area contributed by atoms with Crippen LogP contribution >= 0.6 is 21.6 Å². The summed E-state index contributed by atoms with van der Waals surface area (Å²) in [5.74, 6) is 0. The Labute approximate surface area is 207 Å². The summed E-state index contributed by atoms with van der Waals surface area (Å²) in [5.41, 5.74) is 0. The molecule has 2 heterocycles. The predicted octanol–water partition coefficient (Wildman–Crippen LogP) is -0.848. The molecule has 0 radical (unpaired) electrons. The Hall–Kier alpha value is -1.28. The zero-order chi connectivity index (χ0) is 28.4. The summed E-state index contributed by atoms with van der Waals surface area (Å²) < 4.78 is 202. The number of furan rings is 2. The summed E-state index contributed by atoms with van der Waals surface area (Å²) in [6.07, 6.45) is 0. The Morgan fingerprint density at radius 3 is 0.778 bits per heavy atom. The molecule has 0 aliphatic heterocycles. The van der Waals surface area contributed by atoms with Gasteiger partial charge in [0.2, 0.25) is 0 Å². The average Bonchev–Trinajstić information content (AvgIpc) is 3.17. The van der Waals surface area contributed by atoms with E-state index in [1.807, 2.05) is 0 Å². The number of hydrogen-bond donors (Lipinski definition) is 6. The number of rotatable bonds is 9. The van der Waals surface area contributed by atoms with Crippen molar-refractivity contribution in [2.45, 2.75) is 40.0 Å². The van der Waals surface area contributed by atoms with Crippen LogP contribution in [0.1, 0.15) is 0 Å². The molecule has 0 aliphatic rings. The molecule has 0 unspecified atom stereocenters. The average molecular weight is 679 g/mol. The van der Waals surface area contributed by atoms with Gasteiger partial charge in [0.25, 0.3) is 40.6 Å². The third kappa shape index (κ3) is 6.40. The maximum absolute atomic E-state index is 11.7. The standard InChI is InChI=1S/C8H6O20S8/c9-31(10,11)3-1(5(33(15,16)17)27-7(3)35(21,22)23)29-30-2-4(32(12,13)14)8(36(24,25)26)28-6(2)34(18,19)20/h(H,9,10,11)(H,12,13,14)(H,15,16,17)(H,18,19,20)(H,21,22,23)(H,24,25,26). The minimum Gasteiger partial charge on any atom is -0.426 e. The van der Waals surface area contributed by atoms with Gasteiger partial charge >= 0.3 is 40.5 Å². The van der Waals surface area contributed by atoms with Crippen molar-refractivity contribution in [3.05, 3.63) is 0 Å². The molecule has 0 fully saturated rings. The van der Waals surface area contributed by atoms with Gasteiger partial charge in [0.1, 0.15) is 9.79 Å². The van der Waals surface area contributed by atoms with Crippen molar-refractivity contribution in [1.29, 1.82) is 0 Å². The molecule has 2 rings (SSSR count). The monoisotopic (exact) mass is 678 g/mol. The minimum absolute atomic E-state index is 0.617. The summed E-state index contributed by atoms with van der Waals surface area (Å²) in [6.45, 7) is 0. The number of hydrogen-bond acceptors (Lipinski definition) is 16.